The summed E-state index contributed by atoms with van der Waals surface area (Å²) in [7, 11) is 0. The van der Waals surface area contributed by atoms with Crippen LogP contribution >= 0.6 is 11.6 Å². The number of benzene rings is 4. The predicted octanol–water partition coefficient (Wildman–Crippen LogP) is 6.29. The van der Waals surface area contributed by atoms with E-state index in [0.717, 1.165) is 33.6 Å². The number of fused-ring (bicyclic) bond motifs is 7. The van der Waals surface area contributed by atoms with Gasteiger partial charge in [0.05, 0.1) is 5.69 Å². The Morgan fingerprint density at radius 2 is 1.33 bits per heavy atom. The zero-order valence-electron chi connectivity index (χ0n) is 16.0. The summed E-state index contributed by atoms with van der Waals surface area (Å²) in [5.41, 5.74) is 5.67. The van der Waals surface area contributed by atoms with Gasteiger partial charge in [-0.05, 0) is 30.3 Å². The van der Waals surface area contributed by atoms with Crippen molar-refractivity contribution in [3.8, 4) is 11.1 Å². The molecule has 0 aromatic heterocycles. The highest BCUT2D eigenvalue weighted by Crippen LogP contribution is 2.53. The van der Waals surface area contributed by atoms with Crippen LogP contribution in [0.1, 0.15) is 21.5 Å². The number of para-hydroxylation sites is 2. The summed E-state index contributed by atoms with van der Waals surface area (Å²) in [6, 6.07) is 31.9. The molecule has 0 fully saturated rings. The third-order valence-electron chi connectivity index (χ3n) is 6.03. The van der Waals surface area contributed by atoms with Crippen LogP contribution in [0.5, 0.6) is 0 Å². The smallest absolute Gasteiger partial charge is 0.261 e. The number of carbonyl (C=O) groups excluding carboxylic acids is 1. The van der Waals surface area contributed by atoms with E-state index in [4.69, 9.17) is 11.6 Å². The van der Waals surface area contributed by atoms with E-state index in [1.807, 2.05) is 83.8 Å². The fourth-order valence-corrected chi connectivity index (χ4v) is 4.88. The van der Waals surface area contributed by atoms with Crippen LogP contribution in [0.15, 0.2) is 97.1 Å². The second kappa shape index (κ2) is 6.22. The average Bonchev–Trinajstić information content (AvgIpc) is 2.95. The van der Waals surface area contributed by atoms with Gasteiger partial charge in [-0.1, -0.05) is 78.3 Å². The van der Waals surface area contributed by atoms with Crippen molar-refractivity contribution >= 4 is 28.9 Å². The highest BCUT2D eigenvalue weighted by Gasteiger charge is 2.53. The lowest BCUT2D eigenvalue weighted by Gasteiger charge is -2.40. The first-order chi connectivity index (χ1) is 14.7. The molecule has 0 radical (unpaired) electrons. The van der Waals surface area contributed by atoms with Crippen molar-refractivity contribution in [1.29, 1.82) is 0 Å². The lowest BCUT2D eigenvalue weighted by atomic mass is 9.90. The fourth-order valence-electron chi connectivity index (χ4n) is 4.76. The van der Waals surface area contributed by atoms with Crippen LogP contribution in [0.3, 0.4) is 0 Å². The van der Waals surface area contributed by atoms with Gasteiger partial charge in [0, 0.05) is 38.5 Å². The minimum Gasteiger partial charge on any atom is -0.354 e. The number of halogens is 1. The van der Waals surface area contributed by atoms with Gasteiger partial charge < -0.3 is 5.32 Å². The van der Waals surface area contributed by atoms with Crippen molar-refractivity contribution in [2.24, 2.45) is 0 Å². The molecule has 4 heteroatoms. The summed E-state index contributed by atoms with van der Waals surface area (Å²) >= 11 is 6.21. The standard InChI is InChI=1S/C26H17ClN2O/c27-18-15-13-17(14-16-18)26-22-10-4-1-9-21(22)25(30)29(26)24-12-6-3-8-20(24)19-7-2-5-11-23(19)28-26/h1-16,28H. The summed E-state index contributed by atoms with van der Waals surface area (Å²) in [6.07, 6.45) is 0. The van der Waals surface area contributed by atoms with Crippen LogP contribution in [-0.2, 0) is 5.66 Å². The summed E-state index contributed by atoms with van der Waals surface area (Å²) < 4.78 is 0. The third kappa shape index (κ3) is 2.18. The first-order valence-corrected chi connectivity index (χ1v) is 10.2. The molecule has 4 aromatic carbocycles. The molecule has 2 aliphatic rings. The van der Waals surface area contributed by atoms with Crippen molar-refractivity contribution < 1.29 is 4.79 Å². The Balaban J connectivity index is 1.77. The summed E-state index contributed by atoms with van der Waals surface area (Å²) in [5, 5.41) is 4.43. The van der Waals surface area contributed by atoms with Crippen LogP contribution < -0.4 is 10.2 Å². The second-order valence-corrected chi connectivity index (χ2v) is 8.03. The molecule has 1 amide bonds. The Bertz CT molecular complexity index is 1310. The number of carbonyl (C=O) groups is 1. The maximum atomic E-state index is 13.8. The molecule has 1 unspecified atom stereocenters. The van der Waals surface area contributed by atoms with E-state index in [-0.39, 0.29) is 5.91 Å². The van der Waals surface area contributed by atoms with E-state index in [9.17, 15) is 4.79 Å². The van der Waals surface area contributed by atoms with E-state index in [2.05, 4.69) is 23.5 Å². The molecule has 0 bridgehead atoms. The molecule has 4 aromatic rings. The van der Waals surface area contributed by atoms with Crippen molar-refractivity contribution in [1.82, 2.24) is 0 Å². The summed E-state index contributed by atoms with van der Waals surface area (Å²) in [6.45, 7) is 0. The first-order valence-electron chi connectivity index (χ1n) is 9.87. The van der Waals surface area contributed by atoms with Crippen LogP contribution in [0.4, 0.5) is 11.4 Å². The molecule has 1 N–H and O–H groups in total. The minimum absolute atomic E-state index is 0.0201. The largest absolute Gasteiger partial charge is 0.354 e. The number of amides is 1. The SMILES string of the molecule is O=C1c2ccccc2C2(c3ccc(Cl)cc3)Nc3ccccc3-c3ccccc3N12. The van der Waals surface area contributed by atoms with E-state index in [0.29, 0.717) is 10.6 Å². The van der Waals surface area contributed by atoms with Crippen molar-refractivity contribution in [2.45, 2.75) is 5.66 Å². The van der Waals surface area contributed by atoms with Gasteiger partial charge in [0.15, 0.2) is 5.66 Å². The Labute approximate surface area is 179 Å². The van der Waals surface area contributed by atoms with E-state index in [1.165, 1.54) is 0 Å². The minimum atomic E-state index is -0.874. The van der Waals surface area contributed by atoms with E-state index in [1.54, 1.807) is 0 Å². The Morgan fingerprint density at radius 1 is 0.700 bits per heavy atom. The third-order valence-corrected chi connectivity index (χ3v) is 6.28. The van der Waals surface area contributed by atoms with Crippen LogP contribution in [0.2, 0.25) is 5.02 Å². The number of nitrogens with zero attached hydrogens (tertiary/aromatic N) is 1. The van der Waals surface area contributed by atoms with Gasteiger partial charge in [0.2, 0.25) is 0 Å². The molecular weight excluding hydrogens is 392 g/mol. The molecule has 2 aliphatic heterocycles. The van der Waals surface area contributed by atoms with Crippen molar-refractivity contribution in [3.63, 3.8) is 0 Å². The number of rotatable bonds is 1. The van der Waals surface area contributed by atoms with Crippen molar-refractivity contribution in [3.05, 3.63) is 119 Å². The zero-order valence-corrected chi connectivity index (χ0v) is 16.7. The maximum Gasteiger partial charge on any atom is 0.261 e. The van der Waals surface area contributed by atoms with Gasteiger partial charge in [-0.15, -0.1) is 0 Å². The molecule has 3 nitrogen and oxygen atoms in total. The average molecular weight is 409 g/mol. The van der Waals surface area contributed by atoms with Crippen molar-refractivity contribution in [2.75, 3.05) is 10.2 Å². The molecule has 0 saturated carbocycles. The molecule has 30 heavy (non-hydrogen) atoms. The van der Waals surface area contributed by atoms with Gasteiger partial charge in [-0.25, -0.2) is 0 Å². The Kier molecular flexibility index (Phi) is 3.59. The quantitative estimate of drug-likeness (QED) is 0.401. The monoisotopic (exact) mass is 408 g/mol. The highest BCUT2D eigenvalue weighted by molar-refractivity contribution is 6.30. The number of hydrogen-bond donors (Lipinski definition) is 1. The number of hydrogen-bond acceptors (Lipinski definition) is 2. The second-order valence-electron chi connectivity index (χ2n) is 7.59. The zero-order chi connectivity index (χ0) is 20.3. The van der Waals surface area contributed by atoms with Gasteiger partial charge in [0.1, 0.15) is 0 Å². The molecule has 0 saturated heterocycles. The van der Waals surface area contributed by atoms with Gasteiger partial charge >= 0.3 is 0 Å². The van der Waals surface area contributed by atoms with Crippen LogP contribution in [0, 0.1) is 0 Å². The van der Waals surface area contributed by atoms with E-state index < -0.39 is 5.66 Å². The predicted molar refractivity (Wildman–Crippen MR) is 121 cm³/mol. The van der Waals surface area contributed by atoms with Gasteiger partial charge in [-0.3, -0.25) is 9.69 Å². The summed E-state index contributed by atoms with van der Waals surface area (Å²) in [5.74, 6) is -0.0201. The number of nitrogens with one attached hydrogen (secondary N) is 1. The highest BCUT2D eigenvalue weighted by atomic mass is 35.5. The lowest BCUT2D eigenvalue weighted by Crippen LogP contribution is -2.50. The Hall–Kier alpha value is -3.56. The molecule has 2 heterocycles. The molecule has 1 atom stereocenters. The van der Waals surface area contributed by atoms with Crippen LogP contribution in [-0.4, -0.2) is 5.91 Å². The molecule has 6 rings (SSSR count). The topological polar surface area (TPSA) is 32.3 Å². The van der Waals surface area contributed by atoms with Crippen LogP contribution in [0.25, 0.3) is 11.1 Å². The normalized spacial score (nSPS) is 18.6. The number of anilines is 2. The van der Waals surface area contributed by atoms with Gasteiger partial charge in [0.25, 0.3) is 5.91 Å². The van der Waals surface area contributed by atoms with Gasteiger partial charge in [-0.2, -0.15) is 0 Å². The van der Waals surface area contributed by atoms with E-state index >= 15 is 0 Å². The first kappa shape index (κ1) is 17.3. The lowest BCUT2D eigenvalue weighted by molar-refractivity contribution is 0.0986. The Morgan fingerprint density at radius 3 is 2.13 bits per heavy atom. The molecule has 144 valence electrons. The summed E-state index contributed by atoms with van der Waals surface area (Å²) in [4.78, 5) is 15.7. The molecule has 0 spiro atoms. The molecule has 0 aliphatic carbocycles. The molecular formula is C26H17ClN2O. The fraction of sp³-hybridized carbons (Fsp3) is 0.0385. The maximum absolute atomic E-state index is 13.8.